The molecule has 0 bridgehead atoms. The summed E-state index contributed by atoms with van der Waals surface area (Å²) < 4.78 is 1.66. The molecule has 0 aliphatic carbocycles. The van der Waals surface area contributed by atoms with Gasteiger partial charge < -0.3 is 4.90 Å². The topological polar surface area (TPSA) is 110 Å². The molecule has 0 spiro atoms. The van der Waals surface area contributed by atoms with Crippen LogP contribution in [0.15, 0.2) is 59.9 Å². The Balaban J connectivity index is 1.22. The van der Waals surface area contributed by atoms with Crippen molar-refractivity contribution in [1.82, 2.24) is 34.8 Å². The number of pyridine rings is 1. The predicted octanol–water partition coefficient (Wildman–Crippen LogP) is 2.13. The monoisotopic (exact) mass is 415 g/mol. The minimum Gasteiger partial charge on any atom is -0.339 e. The molecule has 3 aromatic heterocycles. The summed E-state index contributed by atoms with van der Waals surface area (Å²) in [5, 5.41) is 10.6. The summed E-state index contributed by atoms with van der Waals surface area (Å²) in [5.41, 5.74) is 3.49. The van der Waals surface area contributed by atoms with E-state index in [1.54, 1.807) is 47.6 Å². The zero-order valence-electron chi connectivity index (χ0n) is 16.8. The molecule has 9 heteroatoms. The van der Waals surface area contributed by atoms with E-state index in [1.807, 2.05) is 17.0 Å². The second-order valence-corrected chi connectivity index (χ2v) is 7.76. The summed E-state index contributed by atoms with van der Waals surface area (Å²) >= 11 is 0. The van der Waals surface area contributed by atoms with E-state index in [9.17, 15) is 9.59 Å². The third-order valence-electron chi connectivity index (χ3n) is 5.78. The van der Waals surface area contributed by atoms with Crippen molar-refractivity contribution in [3.63, 3.8) is 0 Å². The van der Waals surface area contributed by atoms with Crippen molar-refractivity contribution in [1.29, 1.82) is 0 Å². The Hall–Kier alpha value is -3.88. The second kappa shape index (κ2) is 8.10. The number of aromatic amines is 1. The molecule has 1 saturated heterocycles. The maximum atomic E-state index is 12.9. The van der Waals surface area contributed by atoms with E-state index in [0.717, 1.165) is 23.9 Å². The van der Waals surface area contributed by atoms with Crippen LogP contribution >= 0.6 is 0 Å². The average Bonchev–Trinajstić information content (AvgIpc) is 3.29. The molecule has 4 aromatic rings. The van der Waals surface area contributed by atoms with Gasteiger partial charge in [-0.25, -0.2) is 4.98 Å². The fourth-order valence-corrected chi connectivity index (χ4v) is 4.00. The zero-order chi connectivity index (χ0) is 21.2. The Morgan fingerprint density at radius 3 is 2.58 bits per heavy atom. The lowest BCUT2D eigenvalue weighted by atomic mass is 9.96. The molecule has 5 rings (SSSR count). The lowest BCUT2D eigenvalue weighted by Gasteiger charge is -2.32. The largest absolute Gasteiger partial charge is 0.339 e. The molecule has 0 radical (unpaired) electrons. The van der Waals surface area contributed by atoms with Gasteiger partial charge in [0.1, 0.15) is 11.0 Å². The van der Waals surface area contributed by atoms with Crippen LogP contribution in [-0.2, 0) is 6.54 Å². The number of benzene rings is 1. The first-order valence-electron chi connectivity index (χ1n) is 10.2. The van der Waals surface area contributed by atoms with Gasteiger partial charge in [-0.2, -0.15) is 15.4 Å². The molecule has 1 aliphatic rings. The molecule has 1 amide bonds. The van der Waals surface area contributed by atoms with Crippen LogP contribution in [0.2, 0.25) is 0 Å². The summed E-state index contributed by atoms with van der Waals surface area (Å²) in [5.74, 6) is 0.331. The van der Waals surface area contributed by atoms with E-state index in [2.05, 4.69) is 25.4 Å². The van der Waals surface area contributed by atoms with Crippen LogP contribution in [-0.4, -0.2) is 53.8 Å². The summed E-state index contributed by atoms with van der Waals surface area (Å²) in [4.78, 5) is 35.7. The zero-order valence-corrected chi connectivity index (χ0v) is 16.8. The van der Waals surface area contributed by atoms with Crippen LogP contribution in [0.4, 0.5) is 0 Å². The number of nitrogens with zero attached hydrogens (tertiary/aromatic N) is 6. The van der Waals surface area contributed by atoms with Gasteiger partial charge in [-0.3, -0.25) is 19.1 Å². The van der Waals surface area contributed by atoms with Gasteiger partial charge >= 0.3 is 0 Å². The number of aromatic nitrogens is 6. The van der Waals surface area contributed by atoms with Crippen molar-refractivity contribution in [2.45, 2.75) is 19.4 Å². The van der Waals surface area contributed by atoms with Gasteiger partial charge in [0.05, 0.1) is 12.0 Å². The molecule has 4 heterocycles. The quantitative estimate of drug-likeness (QED) is 0.547. The number of piperidine rings is 1. The number of amides is 1. The van der Waals surface area contributed by atoms with Crippen LogP contribution in [0.5, 0.6) is 0 Å². The highest BCUT2D eigenvalue weighted by molar-refractivity contribution is 5.97. The fourth-order valence-electron chi connectivity index (χ4n) is 4.00. The molecule has 31 heavy (non-hydrogen) atoms. The number of fused-ring (bicyclic) bond motifs is 1. The number of hydrogen-bond acceptors (Lipinski definition) is 6. The van der Waals surface area contributed by atoms with Crippen molar-refractivity contribution >= 4 is 16.9 Å². The van der Waals surface area contributed by atoms with Crippen LogP contribution in [0.1, 0.15) is 23.2 Å². The Bertz CT molecular complexity index is 1270. The van der Waals surface area contributed by atoms with Gasteiger partial charge in [0, 0.05) is 49.2 Å². The molecule has 1 fully saturated rings. The summed E-state index contributed by atoms with van der Waals surface area (Å²) in [7, 11) is 0. The smallest absolute Gasteiger partial charge is 0.253 e. The van der Waals surface area contributed by atoms with Gasteiger partial charge in [-0.05, 0) is 49.1 Å². The van der Waals surface area contributed by atoms with E-state index in [1.165, 1.54) is 0 Å². The molecular formula is C22H21N7O2. The first-order valence-corrected chi connectivity index (χ1v) is 10.2. The van der Waals surface area contributed by atoms with E-state index >= 15 is 0 Å². The molecule has 9 nitrogen and oxygen atoms in total. The lowest BCUT2D eigenvalue weighted by Crippen LogP contribution is -2.40. The van der Waals surface area contributed by atoms with Crippen molar-refractivity contribution < 1.29 is 4.79 Å². The van der Waals surface area contributed by atoms with Gasteiger partial charge in [0.25, 0.3) is 11.5 Å². The first kappa shape index (κ1) is 19.1. The molecule has 0 unspecified atom stereocenters. The fraction of sp³-hybridized carbons (Fsp3) is 0.273. The van der Waals surface area contributed by atoms with Gasteiger partial charge in [0.15, 0.2) is 0 Å². The normalized spacial score (nSPS) is 14.8. The van der Waals surface area contributed by atoms with E-state index in [4.69, 9.17) is 0 Å². The highest BCUT2D eigenvalue weighted by Gasteiger charge is 2.24. The van der Waals surface area contributed by atoms with Crippen LogP contribution in [0.3, 0.4) is 0 Å². The van der Waals surface area contributed by atoms with Gasteiger partial charge in [-0.1, -0.05) is 0 Å². The average molecular weight is 415 g/mol. The Morgan fingerprint density at radius 1 is 1.03 bits per heavy atom. The van der Waals surface area contributed by atoms with Crippen LogP contribution in [0.25, 0.3) is 22.3 Å². The Kier molecular flexibility index (Phi) is 4.99. The van der Waals surface area contributed by atoms with Gasteiger partial charge in [0.2, 0.25) is 0 Å². The molecule has 1 N–H and O–H groups in total. The van der Waals surface area contributed by atoms with Crippen LogP contribution < -0.4 is 5.56 Å². The first-order chi connectivity index (χ1) is 15.2. The third-order valence-corrected chi connectivity index (χ3v) is 5.78. The van der Waals surface area contributed by atoms with Crippen molar-refractivity contribution in [2.24, 2.45) is 5.92 Å². The Labute approximate surface area is 177 Å². The maximum Gasteiger partial charge on any atom is 0.253 e. The summed E-state index contributed by atoms with van der Waals surface area (Å²) in [6.07, 6.45) is 6.67. The number of nitrogens with one attached hydrogen (secondary N) is 1. The van der Waals surface area contributed by atoms with Crippen molar-refractivity contribution in [3.8, 4) is 11.3 Å². The molecule has 0 atom stereocenters. The van der Waals surface area contributed by atoms with Crippen molar-refractivity contribution in [3.05, 3.63) is 71.0 Å². The Morgan fingerprint density at radius 2 is 1.81 bits per heavy atom. The van der Waals surface area contributed by atoms with Crippen LogP contribution in [0, 0.1) is 5.92 Å². The minimum absolute atomic E-state index is 0.00360. The van der Waals surface area contributed by atoms with Crippen molar-refractivity contribution in [2.75, 3.05) is 13.1 Å². The highest BCUT2D eigenvalue weighted by atomic mass is 16.2. The number of rotatable bonds is 4. The minimum atomic E-state index is -0.0683. The number of H-pyrrole nitrogens is 1. The van der Waals surface area contributed by atoms with E-state index in [-0.39, 0.29) is 11.5 Å². The lowest BCUT2D eigenvalue weighted by molar-refractivity contribution is 0.0682. The molecule has 156 valence electrons. The number of carbonyl (C=O) groups is 1. The molecule has 1 aliphatic heterocycles. The van der Waals surface area contributed by atoms with Gasteiger partial charge in [-0.15, -0.1) is 0 Å². The second-order valence-electron chi connectivity index (χ2n) is 7.76. The van der Waals surface area contributed by atoms with E-state index < -0.39 is 0 Å². The summed E-state index contributed by atoms with van der Waals surface area (Å²) in [6, 6.07) is 10.6. The molecular weight excluding hydrogens is 394 g/mol. The standard InChI is InChI=1S/C22H21N7O2/c30-21-12-19(16-3-7-23-8-4-16)24-14-29(21)13-15-5-9-28(10-6-15)22(31)17-1-2-18-20(11-17)26-27-25-18/h1-4,7-8,11-12,14-15H,5-6,9-10,13H2,(H,25,26,27). The third kappa shape index (κ3) is 3.94. The number of hydrogen-bond donors (Lipinski definition) is 1. The molecule has 0 saturated carbocycles. The number of likely N-dealkylation sites (tertiary alicyclic amines) is 1. The maximum absolute atomic E-state index is 12.9. The van der Waals surface area contributed by atoms with E-state index in [0.29, 0.717) is 42.3 Å². The predicted molar refractivity (Wildman–Crippen MR) is 114 cm³/mol. The highest BCUT2D eigenvalue weighted by Crippen LogP contribution is 2.21. The SMILES string of the molecule is O=C(c1ccc2n[nH]nc2c1)N1CCC(Cn2cnc(-c3ccncc3)cc2=O)CC1. The summed E-state index contributed by atoms with van der Waals surface area (Å²) in [6.45, 7) is 1.94. The number of carbonyl (C=O) groups excluding carboxylic acids is 1. The molecule has 1 aromatic carbocycles.